The molecule has 4 rings (SSSR count). The molecular weight excluding hydrogens is 354 g/mol. The Balaban J connectivity index is 1.45. The van der Waals surface area contributed by atoms with Gasteiger partial charge >= 0.3 is 0 Å². The van der Waals surface area contributed by atoms with Crippen molar-refractivity contribution < 1.29 is 13.9 Å². The first kappa shape index (κ1) is 18.5. The first-order chi connectivity index (χ1) is 13.8. The lowest BCUT2D eigenvalue weighted by molar-refractivity contribution is 0.0312. The van der Waals surface area contributed by atoms with Crippen LogP contribution in [0.15, 0.2) is 75.9 Å². The molecule has 0 saturated carbocycles. The lowest BCUT2D eigenvalue weighted by atomic mass is 10.1. The zero-order chi connectivity index (χ0) is 19.2. The van der Waals surface area contributed by atoms with Crippen LogP contribution in [-0.4, -0.2) is 31.2 Å². The van der Waals surface area contributed by atoms with Crippen molar-refractivity contribution in [3.63, 3.8) is 0 Å². The highest BCUT2D eigenvalue weighted by atomic mass is 16.5. The van der Waals surface area contributed by atoms with Crippen molar-refractivity contribution >= 4 is 0 Å². The van der Waals surface area contributed by atoms with E-state index in [2.05, 4.69) is 4.90 Å². The van der Waals surface area contributed by atoms with Crippen molar-refractivity contribution in [2.24, 2.45) is 0 Å². The molecule has 0 unspecified atom stereocenters. The number of benzene rings is 2. The summed E-state index contributed by atoms with van der Waals surface area (Å²) >= 11 is 0. The molecule has 0 atom stereocenters. The second-order valence-electron chi connectivity index (χ2n) is 6.81. The van der Waals surface area contributed by atoms with Gasteiger partial charge in [0.05, 0.1) is 19.8 Å². The van der Waals surface area contributed by atoms with Crippen molar-refractivity contribution in [2.75, 3.05) is 26.3 Å². The highest BCUT2D eigenvalue weighted by molar-refractivity contribution is 5.58. The van der Waals surface area contributed by atoms with E-state index >= 15 is 0 Å². The Morgan fingerprint density at radius 3 is 2.43 bits per heavy atom. The number of nitrogens with zero attached hydrogens (tertiary/aromatic N) is 1. The summed E-state index contributed by atoms with van der Waals surface area (Å²) in [5.41, 5.74) is 1.93. The molecule has 3 aromatic rings. The van der Waals surface area contributed by atoms with Crippen molar-refractivity contribution in [2.45, 2.75) is 13.2 Å². The SMILES string of the molecule is O=c1cc(CN2CCOCC2)oc(-c2ccc(OCc3ccccc3)cc2)c1. The molecule has 0 amide bonds. The molecule has 0 aliphatic carbocycles. The molecule has 2 heterocycles. The van der Waals surface area contributed by atoms with E-state index in [9.17, 15) is 4.79 Å². The lowest BCUT2D eigenvalue weighted by Crippen LogP contribution is -2.35. The number of morpholine rings is 1. The molecule has 2 aromatic carbocycles. The summed E-state index contributed by atoms with van der Waals surface area (Å²) in [5.74, 6) is 2.03. The second-order valence-corrected chi connectivity index (χ2v) is 6.81. The van der Waals surface area contributed by atoms with E-state index in [-0.39, 0.29) is 5.43 Å². The summed E-state index contributed by atoms with van der Waals surface area (Å²) < 4.78 is 17.2. The maximum atomic E-state index is 12.1. The number of hydrogen-bond donors (Lipinski definition) is 0. The van der Waals surface area contributed by atoms with Gasteiger partial charge in [0.2, 0.25) is 0 Å². The van der Waals surface area contributed by atoms with Crippen LogP contribution in [0.25, 0.3) is 11.3 Å². The topological polar surface area (TPSA) is 51.9 Å². The lowest BCUT2D eigenvalue weighted by Gasteiger charge is -2.25. The molecule has 28 heavy (non-hydrogen) atoms. The van der Waals surface area contributed by atoms with E-state index in [1.807, 2.05) is 54.6 Å². The van der Waals surface area contributed by atoms with Gasteiger partial charge in [0, 0.05) is 30.8 Å². The van der Waals surface area contributed by atoms with Gasteiger partial charge in [-0.05, 0) is 29.8 Å². The Kier molecular flexibility index (Phi) is 5.85. The molecule has 0 bridgehead atoms. The normalized spacial score (nSPS) is 14.7. The Bertz CT molecular complexity index is 944. The molecular formula is C23H23NO4. The molecule has 0 spiro atoms. The highest BCUT2D eigenvalue weighted by Crippen LogP contribution is 2.23. The minimum absolute atomic E-state index is 0.0473. The molecule has 1 aromatic heterocycles. The first-order valence-electron chi connectivity index (χ1n) is 9.48. The minimum atomic E-state index is -0.0473. The second kappa shape index (κ2) is 8.87. The van der Waals surface area contributed by atoms with Crippen LogP contribution in [-0.2, 0) is 17.9 Å². The zero-order valence-corrected chi connectivity index (χ0v) is 15.7. The van der Waals surface area contributed by atoms with Crippen molar-refractivity contribution in [3.8, 4) is 17.1 Å². The summed E-state index contributed by atoms with van der Waals surface area (Å²) in [6, 6.07) is 20.7. The monoisotopic (exact) mass is 377 g/mol. The van der Waals surface area contributed by atoms with Crippen LogP contribution in [0.3, 0.4) is 0 Å². The van der Waals surface area contributed by atoms with Gasteiger partial charge in [0.25, 0.3) is 0 Å². The summed E-state index contributed by atoms with van der Waals surface area (Å²) in [6.45, 7) is 4.26. The van der Waals surface area contributed by atoms with Gasteiger partial charge in [0.1, 0.15) is 23.9 Å². The van der Waals surface area contributed by atoms with E-state index in [4.69, 9.17) is 13.9 Å². The number of rotatable bonds is 6. The molecule has 144 valence electrons. The first-order valence-corrected chi connectivity index (χ1v) is 9.48. The van der Waals surface area contributed by atoms with E-state index < -0.39 is 0 Å². The van der Waals surface area contributed by atoms with Gasteiger partial charge in [-0.25, -0.2) is 0 Å². The zero-order valence-electron chi connectivity index (χ0n) is 15.7. The molecule has 1 aliphatic heterocycles. The molecule has 5 nitrogen and oxygen atoms in total. The third kappa shape index (κ3) is 4.88. The van der Waals surface area contributed by atoms with Crippen LogP contribution in [0.5, 0.6) is 5.75 Å². The molecule has 1 aliphatic rings. The van der Waals surface area contributed by atoms with Gasteiger partial charge in [-0.3, -0.25) is 9.69 Å². The molecule has 0 N–H and O–H groups in total. The van der Waals surface area contributed by atoms with Crippen LogP contribution < -0.4 is 10.2 Å². The van der Waals surface area contributed by atoms with Gasteiger partial charge in [-0.15, -0.1) is 0 Å². The van der Waals surface area contributed by atoms with Gasteiger partial charge < -0.3 is 13.9 Å². The van der Waals surface area contributed by atoms with E-state index in [0.717, 1.165) is 30.0 Å². The van der Waals surface area contributed by atoms with Gasteiger partial charge in [0.15, 0.2) is 5.43 Å². The maximum absolute atomic E-state index is 12.1. The summed E-state index contributed by atoms with van der Waals surface area (Å²) in [6.07, 6.45) is 0. The van der Waals surface area contributed by atoms with Crippen LogP contribution in [0.2, 0.25) is 0 Å². The quantitative estimate of drug-likeness (QED) is 0.655. The molecule has 1 fully saturated rings. The summed E-state index contributed by atoms with van der Waals surface area (Å²) in [7, 11) is 0. The fourth-order valence-corrected chi connectivity index (χ4v) is 3.19. The third-order valence-corrected chi connectivity index (χ3v) is 4.69. The van der Waals surface area contributed by atoms with E-state index in [0.29, 0.717) is 37.9 Å². The predicted octanol–water partition coefficient (Wildman–Crippen LogP) is 3.72. The van der Waals surface area contributed by atoms with E-state index in [1.54, 1.807) is 6.07 Å². The number of hydrogen-bond acceptors (Lipinski definition) is 5. The average molecular weight is 377 g/mol. The highest BCUT2D eigenvalue weighted by Gasteiger charge is 2.13. The van der Waals surface area contributed by atoms with Crippen molar-refractivity contribution in [1.82, 2.24) is 4.90 Å². The Hall–Kier alpha value is -2.89. The largest absolute Gasteiger partial charge is 0.489 e. The predicted molar refractivity (Wildman–Crippen MR) is 107 cm³/mol. The minimum Gasteiger partial charge on any atom is -0.489 e. The molecule has 5 heteroatoms. The van der Waals surface area contributed by atoms with Gasteiger partial charge in [-0.1, -0.05) is 30.3 Å². The smallest absolute Gasteiger partial charge is 0.185 e. The standard InChI is InChI=1S/C23H23NO4/c25-20-14-22(16-24-10-12-26-13-11-24)28-23(15-20)19-6-8-21(9-7-19)27-17-18-4-2-1-3-5-18/h1-9,14-15H,10-13,16-17H2. The fraction of sp³-hybridized carbons (Fsp3) is 0.261. The van der Waals surface area contributed by atoms with Crippen molar-refractivity contribution in [3.05, 3.63) is 88.3 Å². The Labute approximate surface area is 164 Å². The van der Waals surface area contributed by atoms with Crippen LogP contribution in [0.4, 0.5) is 0 Å². The van der Waals surface area contributed by atoms with Crippen LogP contribution in [0.1, 0.15) is 11.3 Å². The Morgan fingerprint density at radius 2 is 1.68 bits per heavy atom. The van der Waals surface area contributed by atoms with Crippen molar-refractivity contribution in [1.29, 1.82) is 0 Å². The Morgan fingerprint density at radius 1 is 0.929 bits per heavy atom. The average Bonchev–Trinajstić information content (AvgIpc) is 2.74. The third-order valence-electron chi connectivity index (χ3n) is 4.69. The molecule has 1 saturated heterocycles. The van der Waals surface area contributed by atoms with Crippen LogP contribution in [0, 0.1) is 0 Å². The van der Waals surface area contributed by atoms with Crippen LogP contribution >= 0.6 is 0 Å². The summed E-state index contributed by atoms with van der Waals surface area (Å²) in [5, 5.41) is 0. The number of ether oxygens (including phenoxy) is 2. The fourth-order valence-electron chi connectivity index (χ4n) is 3.19. The molecule has 0 radical (unpaired) electrons. The summed E-state index contributed by atoms with van der Waals surface area (Å²) in [4.78, 5) is 14.4. The van der Waals surface area contributed by atoms with Gasteiger partial charge in [-0.2, -0.15) is 0 Å². The maximum Gasteiger partial charge on any atom is 0.185 e. The van der Waals surface area contributed by atoms with E-state index in [1.165, 1.54) is 6.07 Å².